The molecule has 9 rings (SSSR count). The Balaban J connectivity index is 0.000000192. The van der Waals surface area contributed by atoms with Crippen molar-refractivity contribution in [3.8, 4) is 17.2 Å². The van der Waals surface area contributed by atoms with Crippen LogP contribution in [0.3, 0.4) is 0 Å². The topological polar surface area (TPSA) is 106 Å². The van der Waals surface area contributed by atoms with Crippen LogP contribution in [0.2, 0.25) is 5.02 Å². The number of aryl methyl sites for hydroxylation is 2. The number of benzene rings is 5. The minimum atomic E-state index is -4.68. The number of amides is 1. The van der Waals surface area contributed by atoms with Crippen molar-refractivity contribution in [1.82, 2.24) is 24.7 Å². The van der Waals surface area contributed by atoms with E-state index in [-0.39, 0.29) is 29.1 Å². The number of carbonyl (C=O) groups excluding carboxylic acids is 1. The van der Waals surface area contributed by atoms with Gasteiger partial charge < -0.3 is 25.0 Å². The molecule has 0 atom stereocenters. The summed E-state index contributed by atoms with van der Waals surface area (Å²) in [6.07, 6.45) is -4.98. The van der Waals surface area contributed by atoms with Gasteiger partial charge in [0.15, 0.2) is 0 Å². The molecular weight excluding hydrogens is 927 g/mol. The van der Waals surface area contributed by atoms with Crippen molar-refractivity contribution in [2.45, 2.75) is 58.1 Å². The number of nitrogens with one attached hydrogen (secondary N) is 2. The fourth-order valence-corrected chi connectivity index (χ4v) is 8.15. The first-order valence-corrected chi connectivity index (χ1v) is 22.2. The highest BCUT2D eigenvalue weighted by Crippen LogP contribution is 2.35. The maximum Gasteiger partial charge on any atom is 0.573 e. The molecule has 1 fully saturated rings. The molecule has 1 aliphatic rings. The lowest BCUT2D eigenvalue weighted by Gasteiger charge is -2.34. The molecule has 3 aromatic heterocycles. The van der Waals surface area contributed by atoms with Crippen LogP contribution in [-0.2, 0) is 19.1 Å². The van der Waals surface area contributed by atoms with Gasteiger partial charge in [-0.25, -0.2) is 19.3 Å². The zero-order chi connectivity index (χ0) is 48.9. The Bertz CT molecular complexity index is 3060. The molecule has 356 valence electrons. The Morgan fingerprint density at radius 2 is 1.51 bits per heavy atom. The minimum absolute atomic E-state index is 0.0879. The number of pyridine rings is 1. The summed E-state index contributed by atoms with van der Waals surface area (Å²) in [6, 6.07) is 33.4. The first-order valence-electron chi connectivity index (χ1n) is 21.8. The predicted octanol–water partition coefficient (Wildman–Crippen LogP) is 13.4. The monoisotopic (exact) mass is 969 g/mol. The smallest absolute Gasteiger partial charge is 0.457 e. The SMILES string of the molecule is CCc1nc2ccc(Cl)cn2c1C(=O)NCc1ccc(N2CCC(c3ccc(OC(F)(F)F)cc3)CC2)cc1.Cc1nc(Nc2ccc(Oc3cccc(C(F)(F)F)c3)cc2)c2ccc(F)cc2n1. The first kappa shape index (κ1) is 48.1. The van der Waals surface area contributed by atoms with Gasteiger partial charge >= 0.3 is 12.5 Å². The van der Waals surface area contributed by atoms with Gasteiger partial charge in [-0.1, -0.05) is 48.9 Å². The fourth-order valence-electron chi connectivity index (χ4n) is 7.99. The van der Waals surface area contributed by atoms with Crippen LogP contribution in [0.4, 0.5) is 47.9 Å². The molecule has 5 aromatic carbocycles. The summed E-state index contributed by atoms with van der Waals surface area (Å²) in [6.45, 7) is 5.75. The van der Waals surface area contributed by atoms with Crippen LogP contribution in [0, 0.1) is 12.7 Å². The van der Waals surface area contributed by atoms with E-state index >= 15 is 0 Å². The van der Waals surface area contributed by atoms with Gasteiger partial charge in [0.05, 0.1) is 21.8 Å². The average molecular weight is 970 g/mol. The molecule has 18 heteroatoms. The fraction of sp³-hybridized carbons (Fsp3) is 0.216. The molecule has 8 aromatic rings. The van der Waals surface area contributed by atoms with E-state index in [0.717, 1.165) is 60.6 Å². The van der Waals surface area contributed by atoms with E-state index in [0.29, 0.717) is 63.3 Å². The Morgan fingerprint density at radius 3 is 2.19 bits per heavy atom. The van der Waals surface area contributed by atoms with Crippen LogP contribution in [0.1, 0.15) is 64.4 Å². The van der Waals surface area contributed by atoms with E-state index in [4.69, 9.17) is 16.3 Å². The summed E-state index contributed by atoms with van der Waals surface area (Å²) in [5, 5.41) is 7.34. The standard InChI is InChI=1S/C29H28ClF3N4O2.C22H15F4N3O/c1-2-25-27(37-18-22(30)7-12-26(37)35-25)28(38)34-17-19-3-8-23(9-4-19)36-15-13-21(14-16-36)20-5-10-24(11-6-20)39-29(31,32)33;1-13-27-20-12-15(23)5-10-19(20)21(28-13)29-16-6-8-17(9-7-16)30-18-4-2-3-14(11-18)22(24,25)26/h3-12,18,21H,2,13-17H2,1H3,(H,34,38);2-12H,1H3,(H,27,28,29). The molecule has 2 N–H and O–H groups in total. The third-order valence-corrected chi connectivity index (χ3v) is 11.5. The maximum absolute atomic E-state index is 13.5. The van der Waals surface area contributed by atoms with Crippen molar-refractivity contribution in [3.05, 3.63) is 178 Å². The summed E-state index contributed by atoms with van der Waals surface area (Å²) in [5.41, 5.74) is 5.38. The summed E-state index contributed by atoms with van der Waals surface area (Å²) >= 11 is 6.14. The van der Waals surface area contributed by atoms with Crippen molar-refractivity contribution in [1.29, 1.82) is 0 Å². The number of nitrogens with zero attached hydrogens (tertiary/aromatic N) is 5. The molecule has 1 saturated heterocycles. The molecule has 4 heterocycles. The maximum atomic E-state index is 13.5. The molecule has 0 saturated carbocycles. The number of piperidine rings is 1. The number of alkyl halides is 6. The number of ether oxygens (including phenoxy) is 2. The number of halogens is 8. The quantitative estimate of drug-likeness (QED) is 0.124. The van der Waals surface area contributed by atoms with E-state index in [2.05, 4.69) is 47.4 Å². The molecule has 0 aliphatic carbocycles. The second-order valence-corrected chi connectivity index (χ2v) is 16.6. The number of rotatable bonds is 11. The lowest BCUT2D eigenvalue weighted by Crippen LogP contribution is -2.32. The number of imidazole rings is 1. The average Bonchev–Trinajstić information content (AvgIpc) is 3.69. The number of hydrogen-bond acceptors (Lipinski definition) is 8. The van der Waals surface area contributed by atoms with Gasteiger partial charge in [0.1, 0.15) is 46.0 Å². The van der Waals surface area contributed by atoms with Crippen LogP contribution in [0.25, 0.3) is 16.6 Å². The predicted molar refractivity (Wildman–Crippen MR) is 250 cm³/mol. The largest absolute Gasteiger partial charge is 0.573 e. The van der Waals surface area contributed by atoms with Gasteiger partial charge in [-0.15, -0.1) is 13.2 Å². The van der Waals surface area contributed by atoms with Gasteiger partial charge in [-0.3, -0.25) is 9.20 Å². The molecule has 0 unspecified atom stereocenters. The highest BCUT2D eigenvalue weighted by Gasteiger charge is 2.32. The normalized spacial score (nSPS) is 13.2. The second-order valence-electron chi connectivity index (χ2n) is 16.1. The lowest BCUT2D eigenvalue weighted by atomic mass is 9.89. The number of hydrogen-bond donors (Lipinski definition) is 2. The van der Waals surface area contributed by atoms with E-state index in [1.165, 1.54) is 36.4 Å². The first-order chi connectivity index (χ1) is 33.0. The molecule has 1 aliphatic heterocycles. The Morgan fingerprint density at radius 1 is 0.797 bits per heavy atom. The van der Waals surface area contributed by atoms with Crippen LogP contribution >= 0.6 is 11.6 Å². The number of aromatic nitrogens is 4. The highest BCUT2D eigenvalue weighted by molar-refractivity contribution is 6.30. The number of anilines is 3. The lowest BCUT2D eigenvalue weighted by molar-refractivity contribution is -0.274. The van der Waals surface area contributed by atoms with Crippen molar-refractivity contribution < 1.29 is 45.0 Å². The van der Waals surface area contributed by atoms with Gasteiger partial charge in [0.2, 0.25) is 0 Å². The van der Waals surface area contributed by atoms with Crippen molar-refractivity contribution in [3.63, 3.8) is 0 Å². The zero-order valence-corrected chi connectivity index (χ0v) is 37.8. The van der Waals surface area contributed by atoms with E-state index in [1.54, 1.807) is 72.1 Å². The second kappa shape index (κ2) is 20.4. The van der Waals surface area contributed by atoms with Gasteiger partial charge in [-0.05, 0) is 134 Å². The van der Waals surface area contributed by atoms with Gasteiger partial charge in [0, 0.05) is 48.7 Å². The third-order valence-electron chi connectivity index (χ3n) is 11.3. The molecule has 0 spiro atoms. The highest BCUT2D eigenvalue weighted by atomic mass is 35.5. The van der Waals surface area contributed by atoms with Crippen molar-refractivity contribution >= 4 is 51.3 Å². The summed E-state index contributed by atoms with van der Waals surface area (Å²) < 4.78 is 100. The Labute approximate surface area is 396 Å². The van der Waals surface area contributed by atoms with Crippen LogP contribution in [0.5, 0.6) is 17.2 Å². The minimum Gasteiger partial charge on any atom is -0.457 e. The molecule has 1 amide bonds. The molecule has 10 nitrogen and oxygen atoms in total. The zero-order valence-electron chi connectivity index (χ0n) is 37.0. The van der Waals surface area contributed by atoms with Crippen LogP contribution < -0.4 is 25.0 Å². The Kier molecular flexibility index (Phi) is 14.2. The molecule has 0 radical (unpaired) electrons. The summed E-state index contributed by atoms with van der Waals surface area (Å²) in [5.74, 6) is 0.972. The van der Waals surface area contributed by atoms with E-state index < -0.39 is 18.1 Å². The summed E-state index contributed by atoms with van der Waals surface area (Å²) in [7, 11) is 0. The van der Waals surface area contributed by atoms with Crippen molar-refractivity contribution in [2.75, 3.05) is 23.3 Å². The Hall–Kier alpha value is -7.40. The van der Waals surface area contributed by atoms with Gasteiger partial charge in [0.25, 0.3) is 5.91 Å². The number of carbonyl (C=O) groups is 1. The van der Waals surface area contributed by atoms with E-state index in [9.17, 15) is 35.5 Å². The molecular formula is C51H43ClF7N7O3. The number of fused-ring (bicyclic) bond motifs is 2. The van der Waals surface area contributed by atoms with Crippen molar-refractivity contribution in [2.24, 2.45) is 0 Å². The summed E-state index contributed by atoms with van der Waals surface area (Å²) in [4.78, 5) is 28.5. The third kappa shape index (κ3) is 12.2. The van der Waals surface area contributed by atoms with Crippen LogP contribution in [-0.4, -0.2) is 44.7 Å². The molecule has 0 bridgehead atoms. The van der Waals surface area contributed by atoms with Gasteiger partial charge in [-0.2, -0.15) is 13.2 Å². The molecule has 69 heavy (non-hydrogen) atoms. The van der Waals surface area contributed by atoms with Crippen LogP contribution in [0.15, 0.2) is 134 Å². The van der Waals surface area contributed by atoms with E-state index in [1.807, 2.05) is 19.1 Å².